The molecule has 0 fully saturated rings. The summed E-state index contributed by atoms with van der Waals surface area (Å²) in [5, 5.41) is 10.9. The normalized spacial score (nSPS) is 11.2. The second-order valence-electron chi connectivity index (χ2n) is 3.68. The summed E-state index contributed by atoms with van der Waals surface area (Å²) in [5.41, 5.74) is 0. The first-order valence-electron chi connectivity index (χ1n) is 5.64. The zero-order chi connectivity index (χ0) is 15.2. The zero-order valence-electron chi connectivity index (χ0n) is 10.7. The van der Waals surface area contributed by atoms with E-state index >= 15 is 0 Å². The fraction of sp³-hybridized carbons (Fsp3) is 0.364. The Morgan fingerprint density at radius 2 is 2.15 bits per heavy atom. The molecule has 0 atom stereocenters. The molecule has 0 aliphatic heterocycles. The number of ether oxygens (including phenoxy) is 1. The summed E-state index contributed by atoms with van der Waals surface area (Å²) in [6.45, 7) is -0.907. The lowest BCUT2D eigenvalue weighted by molar-refractivity contribution is -0.122. The molecule has 0 aliphatic carbocycles. The molecule has 3 N–H and O–H groups in total. The minimum Gasteiger partial charge on any atom is -0.481 e. The van der Waals surface area contributed by atoms with Crippen LogP contribution < -0.4 is 14.8 Å². The average Bonchev–Trinajstić information content (AvgIpc) is 2.43. The molecule has 1 aromatic rings. The van der Waals surface area contributed by atoms with Crippen molar-refractivity contribution in [3.8, 4) is 5.75 Å². The quantitative estimate of drug-likeness (QED) is 0.613. The molecule has 0 radical (unpaired) electrons. The van der Waals surface area contributed by atoms with E-state index in [1.807, 2.05) is 0 Å². The number of amides is 1. The van der Waals surface area contributed by atoms with E-state index in [1.165, 1.54) is 7.05 Å². The van der Waals surface area contributed by atoms with Gasteiger partial charge in [-0.1, -0.05) is 0 Å². The number of hydrogen-bond donors (Lipinski definition) is 3. The number of carbonyl (C=O) groups is 1. The summed E-state index contributed by atoms with van der Waals surface area (Å²) in [6, 6.07) is 3.03. The summed E-state index contributed by atoms with van der Waals surface area (Å²) in [5.74, 6) is -1.57. The lowest BCUT2D eigenvalue weighted by Crippen LogP contribution is -2.27. The Kier molecular flexibility index (Phi) is 5.86. The van der Waals surface area contributed by atoms with E-state index < -0.39 is 21.7 Å². The van der Waals surface area contributed by atoms with Gasteiger partial charge >= 0.3 is 0 Å². The fourth-order valence-corrected chi connectivity index (χ4v) is 2.28. The van der Waals surface area contributed by atoms with E-state index in [1.54, 1.807) is 0 Å². The van der Waals surface area contributed by atoms with Crippen molar-refractivity contribution in [3.05, 3.63) is 24.0 Å². The Bertz CT molecular complexity index is 576. The third kappa shape index (κ3) is 4.44. The Morgan fingerprint density at radius 1 is 1.45 bits per heavy atom. The van der Waals surface area contributed by atoms with E-state index in [9.17, 15) is 17.6 Å². The van der Waals surface area contributed by atoms with Gasteiger partial charge in [0, 0.05) is 13.6 Å². The summed E-state index contributed by atoms with van der Waals surface area (Å²) >= 11 is 0. The lowest BCUT2D eigenvalue weighted by Gasteiger charge is -2.09. The Hall–Kier alpha value is -1.71. The van der Waals surface area contributed by atoms with Crippen LogP contribution in [-0.2, 0) is 14.8 Å². The molecule has 1 aromatic carbocycles. The summed E-state index contributed by atoms with van der Waals surface area (Å²) in [6.07, 6.45) is 0. The van der Waals surface area contributed by atoms with Crippen LogP contribution in [0.3, 0.4) is 0 Å². The molecule has 0 aromatic heterocycles. The predicted molar refractivity (Wildman–Crippen MR) is 68.2 cm³/mol. The third-order valence-corrected chi connectivity index (χ3v) is 3.71. The molecule has 0 saturated heterocycles. The fourth-order valence-electron chi connectivity index (χ4n) is 1.24. The van der Waals surface area contributed by atoms with E-state index in [-0.39, 0.29) is 30.4 Å². The molecule has 9 heteroatoms. The van der Waals surface area contributed by atoms with Crippen molar-refractivity contribution in [2.75, 3.05) is 26.8 Å². The van der Waals surface area contributed by atoms with Crippen molar-refractivity contribution in [3.63, 3.8) is 0 Å². The maximum absolute atomic E-state index is 13.7. The van der Waals surface area contributed by atoms with E-state index in [0.717, 1.165) is 18.2 Å². The molecule has 7 nitrogen and oxygen atoms in total. The van der Waals surface area contributed by atoms with Crippen LogP contribution in [0.2, 0.25) is 0 Å². The minimum atomic E-state index is -3.88. The standard InChI is InChI=1S/C11H15FN2O5S/c1-13-11(16)7-19-10-3-2-8(6-9(10)12)20(17,18)14-4-5-15/h2-3,6,14-15H,4-5,7H2,1H3,(H,13,16). The molecule has 0 aliphatic rings. The third-order valence-electron chi connectivity index (χ3n) is 2.26. The summed E-state index contributed by atoms with van der Waals surface area (Å²) in [7, 11) is -2.48. The highest BCUT2D eigenvalue weighted by molar-refractivity contribution is 7.89. The Balaban J connectivity index is 2.85. The monoisotopic (exact) mass is 306 g/mol. The molecule has 20 heavy (non-hydrogen) atoms. The first-order chi connectivity index (χ1) is 9.40. The average molecular weight is 306 g/mol. The Morgan fingerprint density at radius 3 is 2.70 bits per heavy atom. The number of benzene rings is 1. The van der Waals surface area contributed by atoms with Gasteiger partial charge in [0.05, 0.1) is 11.5 Å². The van der Waals surface area contributed by atoms with Crippen LogP contribution in [0.1, 0.15) is 0 Å². The maximum Gasteiger partial charge on any atom is 0.257 e. The van der Waals surface area contributed by atoms with Crippen LogP contribution in [-0.4, -0.2) is 46.2 Å². The number of aliphatic hydroxyl groups excluding tert-OH is 1. The van der Waals surface area contributed by atoms with Crippen molar-refractivity contribution in [2.45, 2.75) is 4.90 Å². The number of sulfonamides is 1. The second-order valence-corrected chi connectivity index (χ2v) is 5.44. The van der Waals surface area contributed by atoms with E-state index in [4.69, 9.17) is 9.84 Å². The SMILES string of the molecule is CNC(=O)COc1ccc(S(=O)(=O)NCCO)cc1F. The molecule has 112 valence electrons. The van der Waals surface area contributed by atoms with Crippen LogP contribution in [0.15, 0.2) is 23.1 Å². The summed E-state index contributed by atoms with van der Waals surface area (Å²) < 4.78 is 44.0. The smallest absolute Gasteiger partial charge is 0.257 e. The van der Waals surface area contributed by atoms with Gasteiger partial charge in [-0.2, -0.15) is 0 Å². The van der Waals surface area contributed by atoms with Gasteiger partial charge in [0.2, 0.25) is 10.0 Å². The van der Waals surface area contributed by atoms with Crippen LogP contribution in [0.25, 0.3) is 0 Å². The maximum atomic E-state index is 13.7. The number of hydrogen-bond acceptors (Lipinski definition) is 5. The molecular weight excluding hydrogens is 291 g/mol. The molecule has 0 saturated carbocycles. The highest BCUT2D eigenvalue weighted by Gasteiger charge is 2.16. The lowest BCUT2D eigenvalue weighted by atomic mass is 10.3. The second kappa shape index (κ2) is 7.17. The summed E-state index contributed by atoms with van der Waals surface area (Å²) in [4.78, 5) is 10.7. The molecule has 0 unspecified atom stereocenters. The highest BCUT2D eigenvalue weighted by atomic mass is 32.2. The van der Waals surface area contributed by atoms with Crippen LogP contribution in [0.4, 0.5) is 4.39 Å². The first kappa shape index (κ1) is 16.3. The van der Waals surface area contributed by atoms with E-state index in [2.05, 4.69) is 10.0 Å². The van der Waals surface area contributed by atoms with Crippen molar-refractivity contribution >= 4 is 15.9 Å². The molecular formula is C11H15FN2O5S. The van der Waals surface area contributed by atoms with Crippen molar-refractivity contribution in [1.29, 1.82) is 0 Å². The molecule has 0 heterocycles. The first-order valence-corrected chi connectivity index (χ1v) is 7.12. The van der Waals surface area contributed by atoms with Crippen LogP contribution in [0.5, 0.6) is 5.75 Å². The molecule has 1 rings (SSSR count). The van der Waals surface area contributed by atoms with E-state index in [0.29, 0.717) is 0 Å². The van der Waals surface area contributed by atoms with Gasteiger partial charge in [0.25, 0.3) is 5.91 Å². The number of rotatable bonds is 7. The number of halogens is 1. The largest absolute Gasteiger partial charge is 0.481 e. The van der Waals surface area contributed by atoms with Crippen molar-refractivity contribution in [1.82, 2.24) is 10.0 Å². The van der Waals surface area contributed by atoms with Crippen molar-refractivity contribution < 1.29 is 27.4 Å². The predicted octanol–water partition coefficient (Wildman–Crippen LogP) is -0.779. The van der Waals surface area contributed by atoms with Gasteiger partial charge < -0.3 is 15.2 Å². The zero-order valence-corrected chi connectivity index (χ0v) is 11.5. The minimum absolute atomic E-state index is 0.168. The van der Waals surface area contributed by atoms with Crippen molar-refractivity contribution in [2.24, 2.45) is 0 Å². The molecule has 1 amide bonds. The van der Waals surface area contributed by atoms with Gasteiger partial charge in [-0.15, -0.1) is 0 Å². The number of nitrogens with one attached hydrogen (secondary N) is 2. The number of aliphatic hydroxyl groups is 1. The number of carbonyl (C=O) groups excluding carboxylic acids is 1. The van der Waals surface area contributed by atoms with Gasteiger partial charge in [0.15, 0.2) is 18.2 Å². The van der Waals surface area contributed by atoms with Gasteiger partial charge in [0.1, 0.15) is 0 Å². The molecule has 0 spiro atoms. The highest BCUT2D eigenvalue weighted by Crippen LogP contribution is 2.20. The van der Waals surface area contributed by atoms with Crippen LogP contribution >= 0.6 is 0 Å². The number of likely N-dealkylation sites (N-methyl/N-ethyl adjacent to an activating group) is 1. The van der Waals surface area contributed by atoms with Gasteiger partial charge in [-0.25, -0.2) is 17.5 Å². The van der Waals surface area contributed by atoms with Gasteiger partial charge in [-0.05, 0) is 18.2 Å². The van der Waals surface area contributed by atoms with Crippen LogP contribution in [0, 0.1) is 5.82 Å². The Labute approximate surface area is 115 Å². The topological polar surface area (TPSA) is 105 Å². The van der Waals surface area contributed by atoms with Gasteiger partial charge in [-0.3, -0.25) is 4.79 Å². The molecule has 0 bridgehead atoms.